The van der Waals surface area contributed by atoms with Crippen molar-refractivity contribution in [2.24, 2.45) is 23.5 Å². The molecule has 0 bridgehead atoms. The summed E-state index contributed by atoms with van der Waals surface area (Å²) < 4.78 is 0. The van der Waals surface area contributed by atoms with E-state index in [0.29, 0.717) is 18.4 Å². The molecule has 1 aliphatic carbocycles. The second-order valence-corrected chi connectivity index (χ2v) is 7.59. The van der Waals surface area contributed by atoms with Gasteiger partial charge in [-0.2, -0.15) is 0 Å². The molecule has 0 aliphatic heterocycles. The Hall–Kier alpha value is -0.870. The van der Waals surface area contributed by atoms with Crippen LogP contribution in [-0.4, -0.2) is 12.5 Å². The van der Waals surface area contributed by atoms with Crippen LogP contribution in [0, 0.1) is 17.8 Å². The van der Waals surface area contributed by atoms with Gasteiger partial charge in [-0.1, -0.05) is 32.8 Å². The smallest absolute Gasteiger partial charge is 0.224 e. The van der Waals surface area contributed by atoms with Crippen molar-refractivity contribution in [3.05, 3.63) is 22.4 Å². The zero-order valence-electron chi connectivity index (χ0n) is 13.2. The van der Waals surface area contributed by atoms with Crippen molar-refractivity contribution in [1.82, 2.24) is 5.32 Å². The van der Waals surface area contributed by atoms with Crippen molar-refractivity contribution in [2.45, 2.75) is 52.0 Å². The molecular weight excluding hydrogens is 280 g/mol. The quantitative estimate of drug-likeness (QED) is 0.806. The van der Waals surface area contributed by atoms with Gasteiger partial charge < -0.3 is 11.1 Å². The molecule has 1 amide bonds. The normalized spacial score (nSPS) is 18.9. The number of nitrogens with two attached hydrogens (primary N) is 1. The highest BCUT2D eigenvalue weighted by Gasteiger charge is 2.30. The van der Waals surface area contributed by atoms with Crippen LogP contribution >= 0.6 is 11.3 Å². The minimum absolute atomic E-state index is 0.0612. The predicted molar refractivity (Wildman–Crippen MR) is 89.2 cm³/mol. The van der Waals surface area contributed by atoms with E-state index in [1.54, 1.807) is 11.3 Å². The van der Waals surface area contributed by atoms with Crippen molar-refractivity contribution in [2.75, 3.05) is 6.54 Å². The highest BCUT2D eigenvalue weighted by Crippen LogP contribution is 2.37. The van der Waals surface area contributed by atoms with Gasteiger partial charge in [0.05, 0.1) is 12.0 Å². The molecule has 2 unspecified atom stereocenters. The van der Waals surface area contributed by atoms with Crippen LogP contribution in [0.4, 0.5) is 0 Å². The van der Waals surface area contributed by atoms with Crippen LogP contribution in [0.25, 0.3) is 0 Å². The minimum atomic E-state index is -0.0612. The molecule has 1 aliphatic rings. The second kappa shape index (κ2) is 7.95. The van der Waals surface area contributed by atoms with Crippen LogP contribution < -0.4 is 11.1 Å². The molecule has 4 heteroatoms. The molecule has 1 aromatic heterocycles. The summed E-state index contributed by atoms with van der Waals surface area (Å²) in [7, 11) is 0. The average Bonchev–Trinajstić information content (AvgIpc) is 3.14. The first-order valence-electron chi connectivity index (χ1n) is 8.15. The molecule has 2 atom stereocenters. The fourth-order valence-corrected chi connectivity index (χ4v) is 4.20. The first kappa shape index (κ1) is 16.5. The summed E-state index contributed by atoms with van der Waals surface area (Å²) in [5, 5.41) is 5.40. The van der Waals surface area contributed by atoms with Gasteiger partial charge in [0.15, 0.2) is 0 Å². The third-order valence-electron chi connectivity index (χ3n) is 4.43. The first-order valence-corrected chi connectivity index (χ1v) is 9.03. The molecule has 1 saturated carbocycles. The average molecular weight is 308 g/mol. The molecule has 0 saturated heterocycles. The second-order valence-electron chi connectivity index (χ2n) is 6.61. The van der Waals surface area contributed by atoms with Gasteiger partial charge in [0.25, 0.3) is 0 Å². The Morgan fingerprint density at radius 1 is 1.43 bits per heavy atom. The number of carbonyl (C=O) groups excluding carboxylic acids is 1. The van der Waals surface area contributed by atoms with Crippen LogP contribution in [0.15, 0.2) is 17.5 Å². The standard InChI is InChI=1S/C17H28N2OS/c1-12(2)10-14(11-18)17(20)19-16(13-6-3-4-7-13)15-8-5-9-21-15/h5,8-9,12-14,16H,3-4,6-7,10-11,18H2,1-2H3,(H,19,20). The number of nitrogens with one attached hydrogen (secondary N) is 1. The molecule has 1 aromatic rings. The zero-order chi connectivity index (χ0) is 15.2. The van der Waals surface area contributed by atoms with Gasteiger partial charge in [0, 0.05) is 11.4 Å². The molecule has 0 spiro atoms. The maximum absolute atomic E-state index is 12.6. The molecule has 0 aromatic carbocycles. The maximum atomic E-state index is 12.6. The van der Waals surface area contributed by atoms with Crippen LogP contribution in [-0.2, 0) is 4.79 Å². The van der Waals surface area contributed by atoms with Gasteiger partial charge in [-0.15, -0.1) is 11.3 Å². The van der Waals surface area contributed by atoms with E-state index in [1.807, 2.05) is 0 Å². The molecule has 1 heterocycles. The lowest BCUT2D eigenvalue weighted by Gasteiger charge is -2.26. The molecular formula is C17H28N2OS. The molecule has 1 fully saturated rings. The number of carbonyl (C=O) groups is 1. The van der Waals surface area contributed by atoms with Crippen LogP contribution in [0.1, 0.15) is 56.9 Å². The molecule has 3 nitrogen and oxygen atoms in total. The van der Waals surface area contributed by atoms with Crippen LogP contribution in [0.2, 0.25) is 0 Å². The fourth-order valence-electron chi connectivity index (χ4n) is 3.33. The molecule has 2 rings (SSSR count). The van der Waals surface area contributed by atoms with E-state index in [4.69, 9.17) is 5.73 Å². The van der Waals surface area contributed by atoms with Crippen molar-refractivity contribution in [1.29, 1.82) is 0 Å². The summed E-state index contributed by atoms with van der Waals surface area (Å²) in [4.78, 5) is 13.9. The van der Waals surface area contributed by atoms with Gasteiger partial charge in [-0.25, -0.2) is 0 Å². The number of rotatable bonds is 7. The van der Waals surface area contributed by atoms with E-state index < -0.39 is 0 Å². The first-order chi connectivity index (χ1) is 10.1. The number of hydrogen-bond donors (Lipinski definition) is 2. The fraction of sp³-hybridized carbons (Fsp3) is 0.706. The topological polar surface area (TPSA) is 55.1 Å². The van der Waals surface area contributed by atoms with Crippen molar-refractivity contribution < 1.29 is 4.79 Å². The van der Waals surface area contributed by atoms with Gasteiger partial charge in [0.2, 0.25) is 5.91 Å². The summed E-state index contributed by atoms with van der Waals surface area (Å²) in [6.07, 6.45) is 5.88. The lowest BCUT2D eigenvalue weighted by molar-refractivity contribution is -0.126. The largest absolute Gasteiger partial charge is 0.348 e. The lowest BCUT2D eigenvalue weighted by atomic mass is 9.93. The summed E-state index contributed by atoms with van der Waals surface area (Å²) >= 11 is 1.75. The van der Waals surface area contributed by atoms with E-state index in [9.17, 15) is 4.79 Å². The molecule has 3 N–H and O–H groups in total. The summed E-state index contributed by atoms with van der Waals surface area (Å²) in [5.41, 5.74) is 5.81. The van der Waals surface area contributed by atoms with Crippen LogP contribution in [0.5, 0.6) is 0 Å². The van der Waals surface area contributed by atoms with Gasteiger partial charge >= 0.3 is 0 Å². The van der Waals surface area contributed by atoms with Crippen LogP contribution in [0.3, 0.4) is 0 Å². The Morgan fingerprint density at radius 2 is 2.14 bits per heavy atom. The Kier molecular flexibility index (Phi) is 6.24. The van der Waals surface area contributed by atoms with Gasteiger partial charge in [0.1, 0.15) is 0 Å². The Bertz CT molecular complexity index is 424. The third kappa shape index (κ3) is 4.55. The lowest BCUT2D eigenvalue weighted by Crippen LogP contribution is -2.39. The van der Waals surface area contributed by atoms with Crippen molar-refractivity contribution in [3.8, 4) is 0 Å². The molecule has 21 heavy (non-hydrogen) atoms. The van der Waals surface area contributed by atoms with Gasteiger partial charge in [-0.3, -0.25) is 4.79 Å². The summed E-state index contributed by atoms with van der Waals surface area (Å²) in [6, 6.07) is 4.40. The maximum Gasteiger partial charge on any atom is 0.224 e. The predicted octanol–water partition coefficient (Wildman–Crippen LogP) is 3.72. The van der Waals surface area contributed by atoms with Crippen molar-refractivity contribution in [3.63, 3.8) is 0 Å². The van der Waals surface area contributed by atoms with E-state index in [-0.39, 0.29) is 17.9 Å². The Morgan fingerprint density at radius 3 is 2.67 bits per heavy atom. The van der Waals surface area contributed by atoms with E-state index >= 15 is 0 Å². The van der Waals surface area contributed by atoms with E-state index in [0.717, 1.165) is 6.42 Å². The van der Waals surface area contributed by atoms with E-state index in [1.165, 1.54) is 30.6 Å². The summed E-state index contributed by atoms with van der Waals surface area (Å²) in [5.74, 6) is 1.16. The summed E-state index contributed by atoms with van der Waals surface area (Å²) in [6.45, 7) is 4.72. The van der Waals surface area contributed by atoms with E-state index in [2.05, 4.69) is 36.7 Å². The number of amides is 1. The number of hydrogen-bond acceptors (Lipinski definition) is 3. The minimum Gasteiger partial charge on any atom is -0.348 e. The molecule has 0 radical (unpaired) electrons. The zero-order valence-corrected chi connectivity index (χ0v) is 14.0. The highest BCUT2D eigenvalue weighted by atomic mass is 32.1. The SMILES string of the molecule is CC(C)CC(CN)C(=O)NC(c1cccs1)C1CCCC1. The highest BCUT2D eigenvalue weighted by molar-refractivity contribution is 7.10. The third-order valence-corrected chi connectivity index (χ3v) is 5.39. The number of thiophene rings is 1. The molecule has 118 valence electrons. The van der Waals surface area contributed by atoms with Gasteiger partial charge in [-0.05, 0) is 42.5 Å². The Labute approximate surface area is 132 Å². The Balaban J connectivity index is 2.05. The van der Waals surface area contributed by atoms with Crippen molar-refractivity contribution >= 4 is 17.2 Å². The monoisotopic (exact) mass is 308 g/mol.